The van der Waals surface area contributed by atoms with Gasteiger partial charge in [0.2, 0.25) is 0 Å². The lowest BCUT2D eigenvalue weighted by atomic mass is 9.86. The molecule has 3 nitrogen and oxygen atoms in total. The van der Waals surface area contributed by atoms with Crippen LogP contribution in [-0.4, -0.2) is 0 Å². The van der Waals surface area contributed by atoms with Crippen LogP contribution in [0.25, 0.3) is 0 Å². The minimum absolute atomic E-state index is 0.0530. The molecule has 7 rings (SSSR count). The molecular weight excluding hydrogens is 430 g/mol. The third kappa shape index (κ3) is 3.20. The summed E-state index contributed by atoms with van der Waals surface area (Å²) >= 11 is 0. The van der Waals surface area contributed by atoms with E-state index < -0.39 is 0 Å². The van der Waals surface area contributed by atoms with Gasteiger partial charge in [0.05, 0.1) is 12.1 Å². The minimum atomic E-state index is -0.0530. The summed E-state index contributed by atoms with van der Waals surface area (Å²) in [6, 6.07) is 44.1. The second kappa shape index (κ2) is 8.07. The molecule has 0 unspecified atom stereocenters. The topological polar surface area (TPSA) is 21.7 Å². The Labute approximate surface area is 204 Å². The molecule has 2 heterocycles. The molecule has 5 aromatic rings. The van der Waals surface area contributed by atoms with Crippen molar-refractivity contribution in [3.63, 3.8) is 0 Å². The third-order valence-corrected chi connectivity index (χ3v) is 6.90. The van der Waals surface area contributed by atoms with Crippen molar-refractivity contribution in [2.45, 2.75) is 12.1 Å². The fourth-order valence-electron chi connectivity index (χ4n) is 5.42. The lowest BCUT2D eigenvalue weighted by Gasteiger charge is -2.45. The Morgan fingerprint density at radius 2 is 0.686 bits per heavy atom. The van der Waals surface area contributed by atoms with Crippen molar-refractivity contribution in [1.82, 2.24) is 0 Å². The van der Waals surface area contributed by atoms with Crippen molar-refractivity contribution in [2.24, 2.45) is 0 Å². The average Bonchev–Trinajstić information content (AvgIpc) is 2.93. The van der Waals surface area contributed by atoms with Gasteiger partial charge in [-0.15, -0.1) is 0 Å². The molecule has 0 bridgehead atoms. The molecule has 168 valence electrons. The van der Waals surface area contributed by atoms with Crippen LogP contribution >= 0.6 is 0 Å². The number of rotatable bonds is 3. The molecular formula is C32H23NO2. The second-order valence-electron chi connectivity index (χ2n) is 8.90. The summed E-state index contributed by atoms with van der Waals surface area (Å²) in [5, 5.41) is 0. The maximum absolute atomic E-state index is 6.37. The highest BCUT2D eigenvalue weighted by molar-refractivity contribution is 5.66. The molecule has 35 heavy (non-hydrogen) atoms. The maximum Gasteiger partial charge on any atom is 0.133 e. The lowest BCUT2D eigenvalue weighted by Crippen LogP contribution is -2.37. The highest BCUT2D eigenvalue weighted by atomic mass is 16.5. The molecule has 0 aromatic heterocycles. The van der Waals surface area contributed by atoms with E-state index >= 15 is 0 Å². The average molecular weight is 454 g/mol. The Morgan fingerprint density at radius 1 is 0.371 bits per heavy atom. The molecule has 0 radical (unpaired) electrons. The predicted octanol–water partition coefficient (Wildman–Crippen LogP) is 8.28. The molecule has 2 aliphatic rings. The molecule has 0 atom stereocenters. The van der Waals surface area contributed by atoms with Crippen LogP contribution in [0.15, 0.2) is 127 Å². The number of ether oxygens (including phenoxy) is 2. The Balaban J connectivity index is 1.54. The van der Waals surface area contributed by atoms with E-state index in [-0.39, 0.29) is 12.1 Å². The molecule has 0 aliphatic carbocycles. The molecule has 0 spiro atoms. The minimum Gasteiger partial charge on any atom is -0.457 e. The van der Waals surface area contributed by atoms with Crippen LogP contribution in [0.4, 0.5) is 5.69 Å². The van der Waals surface area contributed by atoms with Gasteiger partial charge in [0.1, 0.15) is 23.0 Å². The van der Waals surface area contributed by atoms with Crippen LogP contribution in [0, 0.1) is 0 Å². The number of hydrogen-bond donors (Lipinski definition) is 0. The number of anilines is 1. The number of para-hydroxylation sites is 5. The maximum atomic E-state index is 6.37. The summed E-state index contributed by atoms with van der Waals surface area (Å²) in [5.41, 5.74) is 5.74. The first-order valence-corrected chi connectivity index (χ1v) is 11.9. The van der Waals surface area contributed by atoms with Gasteiger partial charge >= 0.3 is 0 Å². The molecule has 3 heteroatoms. The molecule has 0 saturated heterocycles. The van der Waals surface area contributed by atoms with E-state index in [0.29, 0.717) is 0 Å². The van der Waals surface area contributed by atoms with Crippen molar-refractivity contribution in [3.05, 3.63) is 150 Å². The third-order valence-electron chi connectivity index (χ3n) is 6.90. The summed E-state index contributed by atoms with van der Waals surface area (Å²) in [5.74, 6) is 3.58. The largest absolute Gasteiger partial charge is 0.457 e. The Morgan fingerprint density at radius 3 is 1.06 bits per heavy atom. The summed E-state index contributed by atoms with van der Waals surface area (Å²) in [4.78, 5) is 2.53. The Bertz CT molecular complexity index is 1340. The van der Waals surface area contributed by atoms with Gasteiger partial charge < -0.3 is 14.4 Å². The Kier molecular flexibility index (Phi) is 4.59. The molecule has 2 aliphatic heterocycles. The molecule has 0 fully saturated rings. The van der Waals surface area contributed by atoms with Gasteiger partial charge in [-0.05, 0) is 36.4 Å². The van der Waals surface area contributed by atoms with Crippen molar-refractivity contribution in [3.8, 4) is 23.0 Å². The number of hydrogen-bond acceptors (Lipinski definition) is 3. The molecule has 5 aromatic carbocycles. The van der Waals surface area contributed by atoms with Crippen LogP contribution < -0.4 is 14.4 Å². The van der Waals surface area contributed by atoms with E-state index in [0.717, 1.165) is 50.9 Å². The first-order valence-electron chi connectivity index (χ1n) is 11.9. The molecule has 0 saturated carbocycles. The van der Waals surface area contributed by atoms with Crippen LogP contribution in [0.1, 0.15) is 34.3 Å². The summed E-state index contributed by atoms with van der Waals surface area (Å²) in [7, 11) is 0. The summed E-state index contributed by atoms with van der Waals surface area (Å²) in [6.07, 6.45) is 0. The van der Waals surface area contributed by atoms with Gasteiger partial charge in [0, 0.05) is 27.9 Å². The molecule has 0 N–H and O–H groups in total. The Hall–Kier alpha value is -4.50. The monoisotopic (exact) mass is 453 g/mol. The number of nitrogens with zero attached hydrogens (tertiary/aromatic N) is 1. The fourth-order valence-corrected chi connectivity index (χ4v) is 5.42. The fraction of sp³-hybridized carbons (Fsp3) is 0.0625. The van der Waals surface area contributed by atoms with Gasteiger partial charge in [0.25, 0.3) is 0 Å². The SMILES string of the molecule is c1ccc(N(C2c3ccccc3Oc3ccccc32)C2c3ccccc3Oc3ccccc32)cc1. The first kappa shape index (κ1) is 19.9. The predicted molar refractivity (Wildman–Crippen MR) is 139 cm³/mol. The highest BCUT2D eigenvalue weighted by Gasteiger charge is 2.40. The van der Waals surface area contributed by atoms with E-state index in [9.17, 15) is 0 Å². The summed E-state index contributed by atoms with van der Waals surface area (Å²) in [6.45, 7) is 0. The zero-order valence-corrected chi connectivity index (χ0v) is 19.0. The quantitative estimate of drug-likeness (QED) is 0.274. The highest BCUT2D eigenvalue weighted by Crippen LogP contribution is 2.54. The normalized spacial score (nSPS) is 13.9. The van der Waals surface area contributed by atoms with E-state index in [4.69, 9.17) is 9.47 Å². The van der Waals surface area contributed by atoms with E-state index in [1.54, 1.807) is 0 Å². The van der Waals surface area contributed by atoms with Crippen LogP contribution in [0.2, 0.25) is 0 Å². The van der Waals surface area contributed by atoms with Crippen molar-refractivity contribution in [1.29, 1.82) is 0 Å². The van der Waals surface area contributed by atoms with Gasteiger partial charge in [-0.2, -0.15) is 0 Å². The lowest BCUT2D eigenvalue weighted by molar-refractivity contribution is 0.418. The number of benzene rings is 5. The zero-order chi connectivity index (χ0) is 23.2. The van der Waals surface area contributed by atoms with Gasteiger partial charge in [-0.3, -0.25) is 0 Å². The van der Waals surface area contributed by atoms with E-state index in [1.165, 1.54) is 0 Å². The van der Waals surface area contributed by atoms with Gasteiger partial charge in [0.15, 0.2) is 0 Å². The van der Waals surface area contributed by atoms with Crippen molar-refractivity contribution in [2.75, 3.05) is 4.90 Å². The van der Waals surface area contributed by atoms with E-state index in [2.05, 4.69) is 108 Å². The first-order chi connectivity index (χ1) is 17.4. The van der Waals surface area contributed by atoms with E-state index in [1.807, 2.05) is 24.3 Å². The smallest absolute Gasteiger partial charge is 0.133 e. The van der Waals surface area contributed by atoms with Crippen LogP contribution in [-0.2, 0) is 0 Å². The van der Waals surface area contributed by atoms with Gasteiger partial charge in [-0.1, -0.05) is 91.0 Å². The summed E-state index contributed by atoms with van der Waals surface area (Å²) < 4.78 is 12.7. The molecule has 0 amide bonds. The van der Waals surface area contributed by atoms with Crippen molar-refractivity contribution >= 4 is 5.69 Å². The van der Waals surface area contributed by atoms with Crippen molar-refractivity contribution < 1.29 is 9.47 Å². The van der Waals surface area contributed by atoms with Gasteiger partial charge in [-0.25, -0.2) is 0 Å². The zero-order valence-electron chi connectivity index (χ0n) is 19.0. The second-order valence-corrected chi connectivity index (χ2v) is 8.90. The number of fused-ring (bicyclic) bond motifs is 4. The van der Waals surface area contributed by atoms with Crippen LogP contribution in [0.5, 0.6) is 23.0 Å². The standard InChI is InChI=1S/C32H23NO2/c1-2-12-22(13-3-1)33(31-23-14-4-8-18-27(23)34-28-19-9-5-15-24(28)31)32-25-16-6-10-20-29(25)35-30-21-11-7-17-26(30)32/h1-21,31-32H. The van der Waals surface area contributed by atoms with Crippen LogP contribution in [0.3, 0.4) is 0 Å².